The van der Waals surface area contributed by atoms with E-state index in [9.17, 15) is 4.79 Å². The van der Waals surface area contributed by atoms with Gasteiger partial charge in [0, 0.05) is 15.5 Å². The number of hydrogen-bond donors (Lipinski definition) is 0. The van der Waals surface area contributed by atoms with Crippen molar-refractivity contribution in [1.29, 1.82) is 0 Å². The summed E-state index contributed by atoms with van der Waals surface area (Å²) in [5.74, 6) is 1.09. The molecule has 0 aliphatic heterocycles. The third-order valence-corrected chi connectivity index (χ3v) is 6.20. The standard InChI is InChI=1S/C18H20Cl2O/c1-17(2)13-9-15(17)18(3,4)16(21)12(13)7-10-5-6-11(19)8-14(10)20/h5-8,13,15H,9H2,1-4H3. The van der Waals surface area contributed by atoms with Crippen LogP contribution in [0.15, 0.2) is 23.8 Å². The number of rotatable bonds is 1. The molecule has 0 amide bonds. The lowest BCUT2D eigenvalue weighted by atomic mass is 9.40. The minimum Gasteiger partial charge on any atom is -0.294 e. The van der Waals surface area contributed by atoms with Crippen molar-refractivity contribution in [2.24, 2.45) is 22.7 Å². The minimum atomic E-state index is -0.289. The highest BCUT2D eigenvalue weighted by molar-refractivity contribution is 6.35. The van der Waals surface area contributed by atoms with E-state index >= 15 is 0 Å². The molecule has 2 atom stereocenters. The molecule has 21 heavy (non-hydrogen) atoms. The van der Waals surface area contributed by atoms with E-state index in [-0.39, 0.29) is 16.6 Å². The van der Waals surface area contributed by atoms with Gasteiger partial charge in [0.2, 0.25) is 0 Å². The Hall–Kier alpha value is -0.790. The highest BCUT2D eigenvalue weighted by Crippen LogP contribution is 2.66. The van der Waals surface area contributed by atoms with Crippen LogP contribution in [0.5, 0.6) is 0 Å². The zero-order valence-corrected chi connectivity index (χ0v) is 14.3. The SMILES string of the molecule is CC1(C)C(=O)C(=Cc2ccc(Cl)cc2Cl)C2CC1C2(C)C. The van der Waals surface area contributed by atoms with Crippen LogP contribution in [0.25, 0.3) is 6.08 Å². The highest BCUT2D eigenvalue weighted by Gasteiger charge is 2.63. The number of benzene rings is 1. The van der Waals surface area contributed by atoms with E-state index in [2.05, 4.69) is 27.7 Å². The van der Waals surface area contributed by atoms with E-state index in [0.717, 1.165) is 17.6 Å². The first-order chi connectivity index (χ1) is 9.65. The first-order valence-corrected chi connectivity index (χ1v) is 8.12. The van der Waals surface area contributed by atoms with Crippen molar-refractivity contribution >= 4 is 35.1 Å². The molecule has 3 fully saturated rings. The Labute approximate surface area is 136 Å². The summed E-state index contributed by atoms with van der Waals surface area (Å²) in [4.78, 5) is 12.8. The molecule has 0 radical (unpaired) electrons. The zero-order chi connectivity index (χ0) is 15.6. The van der Waals surface area contributed by atoms with Crippen LogP contribution >= 0.6 is 23.2 Å². The molecule has 0 heterocycles. The molecule has 1 aromatic rings. The van der Waals surface area contributed by atoms with Crippen LogP contribution in [0.2, 0.25) is 10.0 Å². The van der Waals surface area contributed by atoms with E-state index in [1.54, 1.807) is 6.07 Å². The number of fused-ring (bicyclic) bond motifs is 2. The molecule has 0 spiro atoms. The fourth-order valence-corrected chi connectivity index (χ4v) is 4.78. The number of hydrogen-bond acceptors (Lipinski definition) is 1. The molecular weight excluding hydrogens is 303 g/mol. The molecule has 3 aliphatic rings. The van der Waals surface area contributed by atoms with E-state index in [1.165, 1.54) is 0 Å². The van der Waals surface area contributed by atoms with Gasteiger partial charge >= 0.3 is 0 Å². The summed E-state index contributed by atoms with van der Waals surface area (Å²) in [6.07, 6.45) is 3.08. The summed E-state index contributed by atoms with van der Waals surface area (Å²) in [6, 6.07) is 5.42. The number of carbonyl (C=O) groups excluding carboxylic acids is 1. The summed E-state index contributed by atoms with van der Waals surface area (Å²) < 4.78 is 0. The van der Waals surface area contributed by atoms with Crippen molar-refractivity contribution in [2.45, 2.75) is 34.1 Å². The van der Waals surface area contributed by atoms with Gasteiger partial charge in [-0.2, -0.15) is 0 Å². The Morgan fingerprint density at radius 2 is 1.86 bits per heavy atom. The molecule has 2 bridgehead atoms. The van der Waals surface area contributed by atoms with Crippen molar-refractivity contribution in [3.63, 3.8) is 0 Å². The first kappa shape index (κ1) is 15.1. The van der Waals surface area contributed by atoms with Crippen LogP contribution in [0.4, 0.5) is 0 Å². The normalized spacial score (nSPS) is 31.1. The van der Waals surface area contributed by atoms with Gasteiger partial charge in [0.1, 0.15) is 0 Å². The number of allylic oxidation sites excluding steroid dienone is 1. The quantitative estimate of drug-likeness (QED) is 0.611. The average Bonchev–Trinajstić information content (AvgIpc) is 2.36. The summed E-state index contributed by atoms with van der Waals surface area (Å²) >= 11 is 12.2. The number of ketones is 1. The average molecular weight is 323 g/mol. The third-order valence-electron chi connectivity index (χ3n) is 5.64. The molecule has 4 rings (SSSR count). The third kappa shape index (κ3) is 2.09. The number of Topliss-reactive ketones (excluding diaryl/α,β-unsaturated/α-hetero) is 1. The topological polar surface area (TPSA) is 17.1 Å². The van der Waals surface area contributed by atoms with Crippen molar-refractivity contribution in [2.75, 3.05) is 0 Å². The van der Waals surface area contributed by atoms with Gasteiger partial charge in [-0.25, -0.2) is 0 Å². The maximum absolute atomic E-state index is 12.8. The molecule has 0 aromatic heterocycles. The zero-order valence-electron chi connectivity index (χ0n) is 12.8. The molecule has 112 valence electrons. The fraction of sp³-hybridized carbons (Fsp3) is 0.500. The van der Waals surface area contributed by atoms with Crippen LogP contribution in [0.3, 0.4) is 0 Å². The highest BCUT2D eigenvalue weighted by atomic mass is 35.5. The van der Waals surface area contributed by atoms with E-state index in [1.807, 2.05) is 18.2 Å². The molecule has 3 saturated carbocycles. The lowest BCUT2D eigenvalue weighted by Gasteiger charge is -2.63. The smallest absolute Gasteiger partial charge is 0.165 e. The van der Waals surface area contributed by atoms with Crippen LogP contribution in [-0.2, 0) is 4.79 Å². The summed E-state index contributed by atoms with van der Waals surface area (Å²) in [5.41, 5.74) is 1.70. The Bertz CT molecular complexity index is 655. The fourth-order valence-electron chi connectivity index (χ4n) is 4.32. The Morgan fingerprint density at radius 3 is 2.43 bits per heavy atom. The van der Waals surface area contributed by atoms with Gasteiger partial charge in [-0.3, -0.25) is 4.79 Å². The predicted molar refractivity (Wildman–Crippen MR) is 88.6 cm³/mol. The van der Waals surface area contributed by atoms with E-state index < -0.39 is 0 Å². The van der Waals surface area contributed by atoms with Crippen molar-refractivity contribution in [3.05, 3.63) is 39.4 Å². The largest absolute Gasteiger partial charge is 0.294 e. The number of halogens is 2. The second-order valence-corrected chi connectivity index (χ2v) is 8.32. The van der Waals surface area contributed by atoms with Gasteiger partial charge in [0.15, 0.2) is 5.78 Å². The molecular formula is C18H20Cl2O. The Kier molecular flexibility index (Phi) is 3.31. The maximum atomic E-state index is 12.8. The van der Waals surface area contributed by atoms with Crippen molar-refractivity contribution in [1.82, 2.24) is 0 Å². The summed E-state index contributed by atoms with van der Waals surface area (Å²) in [5, 5.41) is 1.21. The second-order valence-electron chi connectivity index (χ2n) is 7.48. The van der Waals surface area contributed by atoms with Gasteiger partial charge in [-0.15, -0.1) is 0 Å². The molecule has 0 saturated heterocycles. The van der Waals surface area contributed by atoms with Gasteiger partial charge in [0.05, 0.1) is 0 Å². The van der Waals surface area contributed by atoms with Crippen LogP contribution in [0, 0.1) is 22.7 Å². The first-order valence-electron chi connectivity index (χ1n) is 7.37. The van der Waals surface area contributed by atoms with Crippen LogP contribution < -0.4 is 0 Å². The summed E-state index contributed by atoms with van der Waals surface area (Å²) in [6.45, 7) is 8.71. The van der Waals surface area contributed by atoms with Crippen LogP contribution in [-0.4, -0.2) is 5.78 Å². The minimum absolute atomic E-state index is 0.183. The molecule has 3 heteroatoms. The lowest BCUT2D eigenvalue weighted by Crippen LogP contribution is -2.61. The molecule has 2 unspecified atom stereocenters. The van der Waals surface area contributed by atoms with Gasteiger partial charge in [-0.05, 0) is 53.0 Å². The summed E-state index contributed by atoms with van der Waals surface area (Å²) in [7, 11) is 0. The number of carbonyl (C=O) groups is 1. The Morgan fingerprint density at radius 1 is 1.19 bits per heavy atom. The van der Waals surface area contributed by atoms with Crippen molar-refractivity contribution < 1.29 is 4.79 Å². The molecule has 3 aliphatic carbocycles. The van der Waals surface area contributed by atoms with Gasteiger partial charge in [0.25, 0.3) is 0 Å². The van der Waals surface area contributed by atoms with Crippen molar-refractivity contribution in [3.8, 4) is 0 Å². The van der Waals surface area contributed by atoms with Crippen LogP contribution in [0.1, 0.15) is 39.7 Å². The molecule has 0 N–H and O–H groups in total. The van der Waals surface area contributed by atoms with E-state index in [0.29, 0.717) is 21.9 Å². The molecule has 1 aromatic carbocycles. The van der Waals surface area contributed by atoms with Gasteiger partial charge < -0.3 is 0 Å². The van der Waals surface area contributed by atoms with E-state index in [4.69, 9.17) is 23.2 Å². The maximum Gasteiger partial charge on any atom is 0.165 e. The lowest BCUT2D eigenvalue weighted by molar-refractivity contribution is -0.155. The molecule has 1 nitrogen and oxygen atoms in total. The monoisotopic (exact) mass is 322 g/mol. The Balaban J connectivity index is 2.08. The second kappa shape index (κ2) is 4.60. The van der Waals surface area contributed by atoms with Gasteiger partial charge in [-0.1, -0.05) is 57.0 Å². The predicted octanol–water partition coefficient (Wildman–Crippen LogP) is 5.65.